The van der Waals surface area contributed by atoms with Crippen molar-refractivity contribution in [3.05, 3.63) is 59.7 Å². The van der Waals surface area contributed by atoms with Crippen LogP contribution in [0.2, 0.25) is 0 Å². The third-order valence-corrected chi connectivity index (χ3v) is 5.29. The van der Waals surface area contributed by atoms with Gasteiger partial charge in [-0.05, 0) is 42.0 Å². The number of carbonyl (C=O) groups is 1. The number of nitrogens with zero attached hydrogens (tertiary/aromatic N) is 2. The second-order valence-electron chi connectivity index (χ2n) is 6.40. The predicted octanol–water partition coefficient (Wildman–Crippen LogP) is 2.54. The summed E-state index contributed by atoms with van der Waals surface area (Å²) in [6, 6.07) is 15.5. The molecule has 1 heterocycles. The first kappa shape index (κ1) is 18.5. The number of amides is 1. The van der Waals surface area contributed by atoms with Gasteiger partial charge in [0.2, 0.25) is 0 Å². The quantitative estimate of drug-likeness (QED) is 0.809. The van der Waals surface area contributed by atoms with E-state index in [0.29, 0.717) is 24.4 Å². The number of benzene rings is 2. The van der Waals surface area contributed by atoms with E-state index in [1.807, 2.05) is 53.4 Å². The van der Waals surface area contributed by atoms with Crippen molar-refractivity contribution in [1.29, 1.82) is 0 Å². The molecule has 1 unspecified atom stereocenters. The van der Waals surface area contributed by atoms with Crippen LogP contribution in [-0.4, -0.2) is 54.6 Å². The van der Waals surface area contributed by atoms with Crippen molar-refractivity contribution in [2.24, 2.45) is 0 Å². The molecule has 1 saturated heterocycles. The summed E-state index contributed by atoms with van der Waals surface area (Å²) in [6.07, 6.45) is 1.67. The lowest BCUT2D eigenvalue weighted by molar-refractivity contribution is 0.0746. The molecule has 0 spiro atoms. The van der Waals surface area contributed by atoms with Crippen molar-refractivity contribution in [3.63, 3.8) is 0 Å². The Labute approximate surface area is 157 Å². The first-order valence-corrected chi connectivity index (χ1v) is 10.4. The molecule has 1 amide bonds. The summed E-state index contributed by atoms with van der Waals surface area (Å²) in [6.45, 7) is 2.98. The van der Waals surface area contributed by atoms with Crippen LogP contribution in [-0.2, 0) is 16.6 Å². The molecule has 3 rings (SSSR count). The van der Waals surface area contributed by atoms with E-state index in [1.54, 1.807) is 13.4 Å². The molecule has 1 aliphatic rings. The molecule has 138 valence electrons. The molecular weight excluding hydrogens is 348 g/mol. The van der Waals surface area contributed by atoms with Crippen LogP contribution in [0.15, 0.2) is 48.5 Å². The standard InChI is InChI=1S/C20H24N2O3S/c1-25-19-8-6-18(7-9-19)21-10-12-22(13-11-21)20(23)17-5-3-4-16(14-17)15-26(2)24/h3-9,14H,10-13,15H2,1-2H3. The van der Waals surface area contributed by atoms with Gasteiger partial charge in [0.05, 0.1) is 7.11 Å². The van der Waals surface area contributed by atoms with Crippen LogP contribution in [0.3, 0.4) is 0 Å². The topological polar surface area (TPSA) is 49.9 Å². The number of hydrogen-bond acceptors (Lipinski definition) is 4. The summed E-state index contributed by atoms with van der Waals surface area (Å²) in [5.74, 6) is 1.37. The number of piperazine rings is 1. The molecule has 26 heavy (non-hydrogen) atoms. The van der Waals surface area contributed by atoms with Gasteiger partial charge in [0.15, 0.2) is 0 Å². The lowest BCUT2D eigenvalue weighted by Crippen LogP contribution is -2.48. The maximum atomic E-state index is 12.8. The SMILES string of the molecule is COc1ccc(N2CCN(C(=O)c3cccc(CS(C)=O)c3)CC2)cc1. The number of rotatable bonds is 5. The van der Waals surface area contributed by atoms with Crippen molar-refractivity contribution < 1.29 is 13.7 Å². The zero-order valence-corrected chi connectivity index (χ0v) is 16.0. The first-order chi connectivity index (χ1) is 12.6. The number of anilines is 1. The van der Waals surface area contributed by atoms with Gasteiger partial charge in [0.1, 0.15) is 5.75 Å². The average molecular weight is 372 g/mol. The summed E-state index contributed by atoms with van der Waals surface area (Å²) in [5.41, 5.74) is 2.75. The second-order valence-corrected chi connectivity index (χ2v) is 7.83. The Morgan fingerprint density at radius 1 is 1.08 bits per heavy atom. The van der Waals surface area contributed by atoms with Gasteiger partial charge in [-0.3, -0.25) is 9.00 Å². The van der Waals surface area contributed by atoms with Crippen LogP contribution in [0, 0.1) is 0 Å². The summed E-state index contributed by atoms with van der Waals surface area (Å²) in [7, 11) is 0.748. The van der Waals surface area contributed by atoms with E-state index in [0.717, 1.165) is 30.1 Å². The summed E-state index contributed by atoms with van der Waals surface area (Å²) in [4.78, 5) is 16.9. The molecular formula is C20H24N2O3S. The normalized spacial score (nSPS) is 15.6. The van der Waals surface area contributed by atoms with Gasteiger partial charge < -0.3 is 14.5 Å². The summed E-state index contributed by atoms with van der Waals surface area (Å²) in [5, 5.41) is 0. The van der Waals surface area contributed by atoms with Gasteiger partial charge in [-0.1, -0.05) is 12.1 Å². The Morgan fingerprint density at radius 2 is 1.77 bits per heavy atom. The Morgan fingerprint density at radius 3 is 2.38 bits per heavy atom. The first-order valence-electron chi connectivity index (χ1n) is 8.64. The van der Waals surface area contributed by atoms with Crippen molar-refractivity contribution in [2.75, 3.05) is 44.4 Å². The molecule has 2 aromatic carbocycles. The van der Waals surface area contributed by atoms with Crippen molar-refractivity contribution in [2.45, 2.75) is 5.75 Å². The highest BCUT2D eigenvalue weighted by Crippen LogP contribution is 2.21. The van der Waals surface area contributed by atoms with Crippen LogP contribution < -0.4 is 9.64 Å². The van der Waals surface area contributed by atoms with E-state index in [4.69, 9.17) is 4.74 Å². The number of hydrogen-bond donors (Lipinski definition) is 0. The molecule has 0 aromatic heterocycles. The fourth-order valence-electron chi connectivity index (χ4n) is 3.17. The Kier molecular flexibility index (Phi) is 5.93. The lowest BCUT2D eigenvalue weighted by Gasteiger charge is -2.36. The molecule has 0 radical (unpaired) electrons. The molecule has 0 saturated carbocycles. The minimum Gasteiger partial charge on any atom is -0.497 e. The fourth-order valence-corrected chi connectivity index (χ4v) is 3.82. The third-order valence-electron chi connectivity index (χ3n) is 4.55. The number of methoxy groups -OCH3 is 1. The van der Waals surface area contributed by atoms with Crippen molar-refractivity contribution in [3.8, 4) is 5.75 Å². The van der Waals surface area contributed by atoms with E-state index in [2.05, 4.69) is 4.90 Å². The predicted molar refractivity (Wildman–Crippen MR) is 105 cm³/mol. The maximum Gasteiger partial charge on any atom is 0.253 e. The van der Waals surface area contributed by atoms with Crippen LogP contribution in [0.5, 0.6) is 5.75 Å². The fraction of sp³-hybridized carbons (Fsp3) is 0.350. The largest absolute Gasteiger partial charge is 0.497 e. The third kappa shape index (κ3) is 4.43. The molecule has 1 aliphatic heterocycles. The van der Waals surface area contributed by atoms with E-state index in [9.17, 15) is 9.00 Å². The Hall–Kier alpha value is -2.34. The van der Waals surface area contributed by atoms with Crippen LogP contribution in [0.1, 0.15) is 15.9 Å². The number of carbonyl (C=O) groups excluding carboxylic acids is 1. The highest BCUT2D eigenvalue weighted by atomic mass is 32.2. The monoisotopic (exact) mass is 372 g/mol. The van der Waals surface area contributed by atoms with Gasteiger partial charge in [-0.15, -0.1) is 0 Å². The van der Waals surface area contributed by atoms with Crippen LogP contribution in [0.25, 0.3) is 0 Å². The summed E-state index contributed by atoms with van der Waals surface area (Å²) >= 11 is 0. The van der Waals surface area contributed by atoms with Crippen LogP contribution >= 0.6 is 0 Å². The Balaban J connectivity index is 1.62. The van der Waals surface area contributed by atoms with Gasteiger partial charge in [0, 0.05) is 60.2 Å². The molecule has 5 nitrogen and oxygen atoms in total. The summed E-state index contributed by atoms with van der Waals surface area (Å²) < 4.78 is 16.6. The van der Waals surface area contributed by atoms with Gasteiger partial charge in [-0.2, -0.15) is 0 Å². The molecule has 6 heteroatoms. The van der Waals surface area contributed by atoms with E-state index < -0.39 is 10.8 Å². The average Bonchev–Trinajstić information content (AvgIpc) is 2.67. The van der Waals surface area contributed by atoms with Gasteiger partial charge in [-0.25, -0.2) is 0 Å². The maximum absolute atomic E-state index is 12.8. The Bertz CT molecular complexity index is 784. The van der Waals surface area contributed by atoms with Gasteiger partial charge >= 0.3 is 0 Å². The van der Waals surface area contributed by atoms with Crippen molar-refractivity contribution >= 4 is 22.4 Å². The molecule has 0 N–H and O–H groups in total. The molecule has 0 bridgehead atoms. The minimum atomic E-state index is -0.912. The van der Waals surface area contributed by atoms with E-state index in [1.165, 1.54) is 0 Å². The smallest absolute Gasteiger partial charge is 0.253 e. The second kappa shape index (κ2) is 8.36. The van der Waals surface area contributed by atoms with Crippen molar-refractivity contribution in [1.82, 2.24) is 4.90 Å². The molecule has 2 aromatic rings. The van der Waals surface area contributed by atoms with E-state index in [-0.39, 0.29) is 5.91 Å². The lowest BCUT2D eigenvalue weighted by atomic mass is 10.1. The minimum absolute atomic E-state index is 0.0446. The molecule has 0 aliphatic carbocycles. The zero-order chi connectivity index (χ0) is 18.5. The van der Waals surface area contributed by atoms with E-state index >= 15 is 0 Å². The zero-order valence-electron chi connectivity index (χ0n) is 15.2. The highest BCUT2D eigenvalue weighted by Gasteiger charge is 2.22. The number of ether oxygens (including phenoxy) is 1. The highest BCUT2D eigenvalue weighted by molar-refractivity contribution is 7.83. The van der Waals surface area contributed by atoms with Crippen LogP contribution in [0.4, 0.5) is 5.69 Å². The van der Waals surface area contributed by atoms with Gasteiger partial charge in [0.25, 0.3) is 5.91 Å². The molecule has 1 atom stereocenters. The molecule has 1 fully saturated rings.